The number of anilines is 1. The molecule has 0 spiro atoms. The number of hydrogen-bond acceptors (Lipinski definition) is 4. The third kappa shape index (κ3) is 2.57. The number of rotatable bonds is 4. The summed E-state index contributed by atoms with van der Waals surface area (Å²) in [6.45, 7) is 2.49. The van der Waals surface area contributed by atoms with Gasteiger partial charge in [-0.25, -0.2) is 0 Å². The predicted octanol–water partition coefficient (Wildman–Crippen LogP) is 2.95. The van der Waals surface area contributed by atoms with Crippen LogP contribution >= 0.6 is 0 Å². The second kappa shape index (κ2) is 5.97. The van der Waals surface area contributed by atoms with E-state index in [2.05, 4.69) is 10.6 Å². The summed E-state index contributed by atoms with van der Waals surface area (Å²) in [5.41, 5.74) is 2.38. The number of carbonyl (C=O) groups excluding carboxylic acids is 1. The highest BCUT2D eigenvalue weighted by atomic mass is 16.5. The van der Waals surface area contributed by atoms with Gasteiger partial charge in [0.1, 0.15) is 6.17 Å². The van der Waals surface area contributed by atoms with Gasteiger partial charge in [0.25, 0.3) is 5.91 Å². The van der Waals surface area contributed by atoms with Crippen molar-refractivity contribution in [3.63, 3.8) is 0 Å². The summed E-state index contributed by atoms with van der Waals surface area (Å²) in [5.74, 6) is 1.25. The maximum atomic E-state index is 12.2. The minimum atomic E-state index is -0.299. The van der Waals surface area contributed by atoms with Gasteiger partial charge in [-0.05, 0) is 36.8 Å². The van der Waals surface area contributed by atoms with E-state index in [-0.39, 0.29) is 12.1 Å². The van der Waals surface area contributed by atoms with Crippen molar-refractivity contribution < 1.29 is 14.3 Å². The van der Waals surface area contributed by atoms with E-state index < -0.39 is 0 Å². The number of benzene rings is 2. The van der Waals surface area contributed by atoms with Gasteiger partial charge in [-0.2, -0.15) is 0 Å². The van der Waals surface area contributed by atoms with Crippen LogP contribution in [0.4, 0.5) is 5.69 Å². The fourth-order valence-corrected chi connectivity index (χ4v) is 2.51. The Morgan fingerprint density at radius 2 is 1.91 bits per heavy atom. The highest BCUT2D eigenvalue weighted by Gasteiger charge is 2.24. The number of hydrogen-bond donors (Lipinski definition) is 2. The van der Waals surface area contributed by atoms with Crippen LogP contribution in [0.1, 0.15) is 29.0 Å². The number of amides is 1. The second-order valence-electron chi connectivity index (χ2n) is 4.94. The smallest absolute Gasteiger partial charge is 0.255 e. The van der Waals surface area contributed by atoms with Gasteiger partial charge < -0.3 is 20.1 Å². The van der Waals surface area contributed by atoms with Crippen LogP contribution in [0.5, 0.6) is 11.5 Å². The number of carbonyl (C=O) groups is 1. The molecule has 1 heterocycles. The molecular weight excluding hydrogens is 280 g/mol. The van der Waals surface area contributed by atoms with Crippen LogP contribution in [0.15, 0.2) is 42.5 Å². The van der Waals surface area contributed by atoms with E-state index in [9.17, 15) is 4.79 Å². The topological polar surface area (TPSA) is 59.6 Å². The Balaban J connectivity index is 1.91. The molecule has 0 saturated carbocycles. The molecule has 2 aromatic rings. The first-order chi connectivity index (χ1) is 10.7. The van der Waals surface area contributed by atoms with E-state index >= 15 is 0 Å². The molecule has 114 valence electrons. The van der Waals surface area contributed by atoms with Crippen LogP contribution in [0.2, 0.25) is 0 Å². The fourth-order valence-electron chi connectivity index (χ4n) is 2.51. The third-order valence-corrected chi connectivity index (χ3v) is 3.57. The standard InChI is InChI=1S/C17H18N2O3/c1-3-22-14-9-8-11(10-15(14)21-2)16-18-13-7-5-4-6-12(13)17(20)19-16/h4-10,16,18H,3H2,1-2H3,(H,19,20)/t16-/m0/s1. The van der Waals surface area contributed by atoms with Crippen molar-refractivity contribution in [1.82, 2.24) is 5.32 Å². The van der Waals surface area contributed by atoms with Crippen LogP contribution in [-0.4, -0.2) is 19.6 Å². The van der Waals surface area contributed by atoms with E-state index in [1.54, 1.807) is 13.2 Å². The van der Waals surface area contributed by atoms with Gasteiger partial charge >= 0.3 is 0 Å². The summed E-state index contributed by atoms with van der Waals surface area (Å²) >= 11 is 0. The first-order valence-electron chi connectivity index (χ1n) is 7.20. The lowest BCUT2D eigenvalue weighted by Crippen LogP contribution is -2.38. The summed E-state index contributed by atoms with van der Waals surface area (Å²) in [4.78, 5) is 12.2. The van der Waals surface area contributed by atoms with Crippen molar-refractivity contribution in [2.45, 2.75) is 13.1 Å². The normalized spacial score (nSPS) is 16.3. The molecule has 5 nitrogen and oxygen atoms in total. The summed E-state index contributed by atoms with van der Waals surface area (Å²) in [5, 5.41) is 6.26. The molecule has 0 fully saturated rings. The third-order valence-electron chi connectivity index (χ3n) is 3.57. The zero-order valence-electron chi connectivity index (χ0n) is 12.6. The highest BCUT2D eigenvalue weighted by molar-refractivity contribution is 6.01. The van der Waals surface area contributed by atoms with Gasteiger partial charge in [-0.1, -0.05) is 18.2 Å². The minimum Gasteiger partial charge on any atom is -0.493 e. The Hall–Kier alpha value is -2.69. The van der Waals surface area contributed by atoms with Gasteiger partial charge in [0.15, 0.2) is 11.5 Å². The van der Waals surface area contributed by atoms with E-state index in [1.165, 1.54) is 0 Å². The maximum Gasteiger partial charge on any atom is 0.255 e. The molecule has 1 aliphatic rings. The average molecular weight is 298 g/mol. The summed E-state index contributed by atoms with van der Waals surface area (Å²) < 4.78 is 10.9. The maximum absolute atomic E-state index is 12.2. The number of nitrogens with one attached hydrogen (secondary N) is 2. The zero-order valence-corrected chi connectivity index (χ0v) is 12.6. The van der Waals surface area contributed by atoms with Crippen molar-refractivity contribution in [2.24, 2.45) is 0 Å². The van der Waals surface area contributed by atoms with E-state index in [0.29, 0.717) is 23.7 Å². The zero-order chi connectivity index (χ0) is 15.5. The van der Waals surface area contributed by atoms with E-state index in [1.807, 2.05) is 43.3 Å². The molecule has 5 heteroatoms. The lowest BCUT2D eigenvalue weighted by molar-refractivity contribution is 0.0935. The number of fused-ring (bicyclic) bond motifs is 1. The van der Waals surface area contributed by atoms with Crippen molar-refractivity contribution >= 4 is 11.6 Å². The molecule has 0 aromatic heterocycles. The Bertz CT molecular complexity index is 700. The number of methoxy groups -OCH3 is 1. The lowest BCUT2D eigenvalue weighted by atomic mass is 10.1. The first kappa shape index (κ1) is 14.3. The number of para-hydroxylation sites is 1. The molecule has 2 N–H and O–H groups in total. The molecule has 1 aliphatic heterocycles. The molecule has 3 rings (SSSR count). The molecule has 2 aromatic carbocycles. The largest absolute Gasteiger partial charge is 0.493 e. The average Bonchev–Trinajstić information content (AvgIpc) is 2.55. The molecule has 0 saturated heterocycles. The first-order valence-corrected chi connectivity index (χ1v) is 7.20. The van der Waals surface area contributed by atoms with Gasteiger partial charge in [0.2, 0.25) is 0 Å². The van der Waals surface area contributed by atoms with E-state index in [0.717, 1.165) is 11.3 Å². The molecule has 22 heavy (non-hydrogen) atoms. The Morgan fingerprint density at radius 3 is 2.68 bits per heavy atom. The molecule has 1 amide bonds. The van der Waals surface area contributed by atoms with Crippen molar-refractivity contribution in [1.29, 1.82) is 0 Å². The van der Waals surface area contributed by atoms with Gasteiger partial charge in [0.05, 0.1) is 19.3 Å². The molecule has 0 bridgehead atoms. The quantitative estimate of drug-likeness (QED) is 0.911. The van der Waals surface area contributed by atoms with Crippen LogP contribution in [0.3, 0.4) is 0 Å². The van der Waals surface area contributed by atoms with Crippen LogP contribution < -0.4 is 20.1 Å². The number of ether oxygens (including phenoxy) is 2. The summed E-state index contributed by atoms with van der Waals surface area (Å²) in [6, 6.07) is 13.1. The van der Waals surface area contributed by atoms with Crippen molar-refractivity contribution in [2.75, 3.05) is 19.0 Å². The van der Waals surface area contributed by atoms with Crippen molar-refractivity contribution in [3.8, 4) is 11.5 Å². The van der Waals surface area contributed by atoms with Crippen LogP contribution in [0.25, 0.3) is 0 Å². The Kier molecular flexibility index (Phi) is 3.87. The molecule has 0 radical (unpaired) electrons. The highest BCUT2D eigenvalue weighted by Crippen LogP contribution is 2.32. The lowest BCUT2D eigenvalue weighted by Gasteiger charge is -2.28. The monoisotopic (exact) mass is 298 g/mol. The van der Waals surface area contributed by atoms with E-state index in [4.69, 9.17) is 9.47 Å². The van der Waals surface area contributed by atoms with Crippen LogP contribution in [0, 0.1) is 0 Å². The van der Waals surface area contributed by atoms with Crippen molar-refractivity contribution in [3.05, 3.63) is 53.6 Å². The SMILES string of the molecule is CCOc1ccc([C@@H]2NC(=O)c3ccccc3N2)cc1OC. The molecular formula is C17H18N2O3. The van der Waals surface area contributed by atoms with Gasteiger partial charge in [0, 0.05) is 5.69 Å². The predicted molar refractivity (Wildman–Crippen MR) is 84.4 cm³/mol. The molecule has 1 atom stereocenters. The Morgan fingerprint density at radius 1 is 1.09 bits per heavy atom. The molecule has 0 aliphatic carbocycles. The summed E-state index contributed by atoms with van der Waals surface area (Å²) in [6.07, 6.45) is -0.299. The van der Waals surface area contributed by atoms with Gasteiger partial charge in [-0.15, -0.1) is 0 Å². The van der Waals surface area contributed by atoms with Gasteiger partial charge in [-0.3, -0.25) is 4.79 Å². The minimum absolute atomic E-state index is 0.0906. The molecule has 0 unspecified atom stereocenters. The second-order valence-corrected chi connectivity index (χ2v) is 4.94. The summed E-state index contributed by atoms with van der Waals surface area (Å²) in [7, 11) is 1.60. The fraction of sp³-hybridized carbons (Fsp3) is 0.235. The van der Waals surface area contributed by atoms with Crippen LogP contribution in [-0.2, 0) is 0 Å². The Labute approximate surface area is 129 Å².